The first-order chi connectivity index (χ1) is 13.8. The lowest BCUT2D eigenvalue weighted by atomic mass is 9.74. The second-order valence-corrected chi connectivity index (χ2v) is 9.27. The van der Waals surface area contributed by atoms with Gasteiger partial charge in [-0.05, 0) is 25.7 Å². The number of amides is 1. The molecule has 0 N–H and O–H groups in total. The number of hydrogen-bond donors (Lipinski definition) is 0. The van der Waals surface area contributed by atoms with Crippen LogP contribution in [-0.2, 0) is 28.7 Å². The molecule has 7 heteroatoms. The molecule has 2 bridgehead atoms. The van der Waals surface area contributed by atoms with Gasteiger partial charge in [-0.1, -0.05) is 27.2 Å². The molecule has 4 aliphatic heterocycles. The summed E-state index contributed by atoms with van der Waals surface area (Å²) < 4.78 is 11.3. The Kier molecular flexibility index (Phi) is 5.42. The maximum absolute atomic E-state index is 13.6. The second kappa shape index (κ2) is 7.73. The van der Waals surface area contributed by atoms with Crippen LogP contribution in [0.2, 0.25) is 0 Å². The first-order valence-electron chi connectivity index (χ1n) is 11.1. The van der Waals surface area contributed by atoms with E-state index < -0.39 is 30.1 Å². The predicted octanol–water partition coefficient (Wildman–Crippen LogP) is 2.11. The molecule has 4 heterocycles. The van der Waals surface area contributed by atoms with Gasteiger partial charge >= 0.3 is 11.9 Å². The summed E-state index contributed by atoms with van der Waals surface area (Å²) in [5.41, 5.74) is 0. The van der Waals surface area contributed by atoms with E-state index in [1.54, 1.807) is 6.92 Å². The zero-order chi connectivity index (χ0) is 20.9. The minimum absolute atomic E-state index is 0.0269. The van der Waals surface area contributed by atoms with Crippen molar-refractivity contribution >= 4 is 23.6 Å². The van der Waals surface area contributed by atoms with E-state index in [2.05, 4.69) is 0 Å². The van der Waals surface area contributed by atoms with E-state index in [1.165, 1.54) is 0 Å². The number of ether oxygens (including phenoxy) is 2. The molecule has 0 aromatic heterocycles. The van der Waals surface area contributed by atoms with Crippen LogP contribution >= 0.6 is 0 Å². The predicted molar refractivity (Wildman–Crippen MR) is 102 cm³/mol. The molecule has 0 aromatic carbocycles. The smallest absolute Gasteiger partial charge is 0.309 e. The van der Waals surface area contributed by atoms with Crippen LogP contribution in [0.15, 0.2) is 0 Å². The molecular formula is C22H31NO6. The largest absolute Gasteiger partial charge is 0.461 e. The Bertz CT molecular complexity index is 720. The van der Waals surface area contributed by atoms with E-state index in [1.807, 2.05) is 18.7 Å². The molecule has 4 fully saturated rings. The number of ketones is 1. The maximum Gasteiger partial charge on any atom is 0.309 e. The van der Waals surface area contributed by atoms with Gasteiger partial charge in [0.2, 0.25) is 5.91 Å². The highest BCUT2D eigenvalue weighted by Gasteiger charge is 2.55. The standard InChI is InChI=1S/C22H31NO6/c1-4-13-14-7-5-6-8-23(20(14)25)15(17-9-11(2)21(26)28-17)10-16(24)18-12(3)22(27)29-19(13)18/h11-15,17-19H,4-10H2,1-3H3/t11-,12+,13+,14+,15-,17-,18+,19-/m0/s1. The fourth-order valence-electron chi connectivity index (χ4n) is 5.91. The third-order valence-corrected chi connectivity index (χ3v) is 7.56. The van der Waals surface area contributed by atoms with Crippen molar-refractivity contribution in [3.8, 4) is 0 Å². The zero-order valence-electron chi connectivity index (χ0n) is 17.5. The topological polar surface area (TPSA) is 90.0 Å². The second-order valence-electron chi connectivity index (χ2n) is 9.27. The summed E-state index contributed by atoms with van der Waals surface area (Å²) in [7, 11) is 0. The van der Waals surface area contributed by atoms with Crippen molar-refractivity contribution in [3.63, 3.8) is 0 Å². The molecule has 0 saturated carbocycles. The first-order valence-corrected chi connectivity index (χ1v) is 11.1. The summed E-state index contributed by atoms with van der Waals surface area (Å²) in [5, 5.41) is 0. The number of fused-ring (bicyclic) bond motifs is 3. The lowest BCUT2D eigenvalue weighted by molar-refractivity contribution is -0.153. The van der Waals surface area contributed by atoms with Crippen molar-refractivity contribution in [3.05, 3.63) is 0 Å². The van der Waals surface area contributed by atoms with Crippen LogP contribution in [-0.4, -0.2) is 53.3 Å². The molecule has 4 rings (SSSR count). The van der Waals surface area contributed by atoms with Crippen molar-refractivity contribution in [1.29, 1.82) is 0 Å². The van der Waals surface area contributed by atoms with Crippen molar-refractivity contribution in [2.45, 2.75) is 77.5 Å². The van der Waals surface area contributed by atoms with Gasteiger partial charge in [0.05, 0.1) is 23.8 Å². The fourth-order valence-corrected chi connectivity index (χ4v) is 5.91. The minimum atomic E-state index is -0.535. The summed E-state index contributed by atoms with van der Waals surface area (Å²) in [5.74, 6) is -2.32. The van der Waals surface area contributed by atoms with Gasteiger partial charge in [0, 0.05) is 24.8 Å². The van der Waals surface area contributed by atoms with Crippen molar-refractivity contribution < 1.29 is 28.7 Å². The monoisotopic (exact) mass is 405 g/mol. The highest BCUT2D eigenvalue weighted by atomic mass is 16.6. The van der Waals surface area contributed by atoms with Crippen molar-refractivity contribution in [2.75, 3.05) is 6.54 Å². The van der Waals surface area contributed by atoms with E-state index >= 15 is 0 Å². The van der Waals surface area contributed by atoms with Crippen molar-refractivity contribution in [2.24, 2.45) is 29.6 Å². The molecule has 160 valence electrons. The minimum Gasteiger partial charge on any atom is -0.461 e. The van der Waals surface area contributed by atoms with Crippen LogP contribution in [0.25, 0.3) is 0 Å². The van der Waals surface area contributed by atoms with Gasteiger partial charge in [0.1, 0.15) is 18.0 Å². The Hall–Kier alpha value is -1.92. The molecule has 29 heavy (non-hydrogen) atoms. The van der Waals surface area contributed by atoms with Crippen LogP contribution in [0.5, 0.6) is 0 Å². The van der Waals surface area contributed by atoms with Gasteiger partial charge in [-0.3, -0.25) is 19.2 Å². The number of carbonyl (C=O) groups is 4. The Balaban J connectivity index is 1.76. The molecule has 0 radical (unpaired) electrons. The van der Waals surface area contributed by atoms with Crippen LogP contribution < -0.4 is 0 Å². The van der Waals surface area contributed by atoms with Crippen molar-refractivity contribution in [1.82, 2.24) is 4.90 Å². The normalized spacial score (nSPS) is 43.1. The Morgan fingerprint density at radius 1 is 1.03 bits per heavy atom. The van der Waals surface area contributed by atoms with Crippen LogP contribution in [0.1, 0.15) is 59.3 Å². The Morgan fingerprint density at radius 2 is 1.79 bits per heavy atom. The molecule has 8 atom stereocenters. The lowest BCUT2D eigenvalue weighted by Gasteiger charge is -2.36. The summed E-state index contributed by atoms with van der Waals surface area (Å²) in [6.07, 6.45) is 2.84. The molecule has 0 spiro atoms. The molecular weight excluding hydrogens is 374 g/mol. The average molecular weight is 405 g/mol. The molecule has 4 saturated heterocycles. The average Bonchev–Trinajstić information content (AvgIpc) is 3.09. The summed E-state index contributed by atoms with van der Waals surface area (Å²) in [6, 6.07) is -0.455. The summed E-state index contributed by atoms with van der Waals surface area (Å²) >= 11 is 0. The molecule has 1 amide bonds. The SMILES string of the molecule is CC[C@H]1[C@@H]2OC(=O)[C@H](C)[C@@H]2C(=O)C[C@@H]([C@@H]2C[C@H](C)C(=O)O2)N2CCCC[C@H]1C2=O. The van der Waals surface area contributed by atoms with Gasteiger partial charge in [-0.15, -0.1) is 0 Å². The number of cyclic esters (lactones) is 1. The maximum atomic E-state index is 13.6. The Morgan fingerprint density at radius 3 is 2.45 bits per heavy atom. The highest BCUT2D eigenvalue weighted by Crippen LogP contribution is 2.43. The third-order valence-electron chi connectivity index (χ3n) is 7.56. The van der Waals surface area contributed by atoms with E-state index in [0.29, 0.717) is 19.4 Å². The molecule has 0 aliphatic carbocycles. The number of Topliss-reactive ketones (excluding diaryl/α,β-unsaturated/α-hetero) is 1. The van der Waals surface area contributed by atoms with Gasteiger partial charge in [0.25, 0.3) is 0 Å². The quantitative estimate of drug-likeness (QED) is 0.654. The Labute approximate surface area is 171 Å². The van der Waals surface area contributed by atoms with Crippen LogP contribution in [0, 0.1) is 29.6 Å². The van der Waals surface area contributed by atoms with Gasteiger partial charge < -0.3 is 14.4 Å². The first kappa shape index (κ1) is 20.4. The number of rotatable bonds is 2. The van der Waals surface area contributed by atoms with E-state index in [0.717, 1.165) is 19.3 Å². The van der Waals surface area contributed by atoms with E-state index in [9.17, 15) is 19.2 Å². The highest BCUT2D eigenvalue weighted by molar-refractivity contribution is 5.91. The summed E-state index contributed by atoms with van der Waals surface area (Å²) in [6.45, 7) is 6.15. The summed E-state index contributed by atoms with van der Waals surface area (Å²) in [4.78, 5) is 53.3. The van der Waals surface area contributed by atoms with E-state index in [4.69, 9.17) is 9.47 Å². The number of esters is 2. The number of carbonyl (C=O) groups excluding carboxylic acids is 4. The molecule has 7 nitrogen and oxygen atoms in total. The zero-order valence-corrected chi connectivity index (χ0v) is 17.5. The lowest BCUT2D eigenvalue weighted by Crippen LogP contribution is -2.50. The van der Waals surface area contributed by atoms with Gasteiger partial charge in [0.15, 0.2) is 0 Å². The molecule has 0 aromatic rings. The number of nitrogens with zero attached hydrogens (tertiary/aromatic N) is 1. The third kappa shape index (κ3) is 3.36. The van der Waals surface area contributed by atoms with Crippen LogP contribution in [0.4, 0.5) is 0 Å². The molecule has 4 aliphatic rings. The van der Waals surface area contributed by atoms with Gasteiger partial charge in [-0.25, -0.2) is 0 Å². The fraction of sp³-hybridized carbons (Fsp3) is 0.818. The molecule has 0 unspecified atom stereocenters. The number of hydrogen-bond acceptors (Lipinski definition) is 6. The van der Waals surface area contributed by atoms with Gasteiger partial charge in [-0.2, -0.15) is 0 Å². The van der Waals surface area contributed by atoms with E-state index in [-0.39, 0.29) is 47.8 Å². The van der Waals surface area contributed by atoms with Crippen LogP contribution in [0.3, 0.4) is 0 Å².